The minimum atomic E-state index is -0.174. The molecule has 5 heteroatoms. The van der Waals surface area contributed by atoms with Crippen LogP contribution in [0.5, 0.6) is 0 Å². The molecule has 2 aromatic rings. The van der Waals surface area contributed by atoms with E-state index in [1.165, 1.54) is 0 Å². The summed E-state index contributed by atoms with van der Waals surface area (Å²) in [5, 5.41) is 9.60. The molecule has 1 aromatic heterocycles. The first kappa shape index (κ1) is 11.9. The number of hydrogen-bond acceptors (Lipinski definition) is 2. The summed E-state index contributed by atoms with van der Waals surface area (Å²) in [6, 6.07) is 9.10. The summed E-state index contributed by atoms with van der Waals surface area (Å²) in [6.07, 6.45) is 0.859. The van der Waals surface area contributed by atoms with Gasteiger partial charge in [0.1, 0.15) is 0 Å². The van der Waals surface area contributed by atoms with Crippen LogP contribution < -0.4 is 5.32 Å². The average molecular weight is 294 g/mol. The lowest BCUT2D eigenvalue weighted by atomic mass is 10.2. The fourth-order valence-corrected chi connectivity index (χ4v) is 1.90. The van der Waals surface area contributed by atoms with Gasteiger partial charge in [0, 0.05) is 16.2 Å². The van der Waals surface area contributed by atoms with Crippen molar-refractivity contribution in [3.8, 4) is 0 Å². The number of carbonyl (C=O) groups excluding carboxylic acids is 1. The first-order valence-corrected chi connectivity index (χ1v) is 6.10. The van der Waals surface area contributed by atoms with Crippen LogP contribution in [0, 0.1) is 0 Å². The van der Waals surface area contributed by atoms with Crippen LogP contribution >= 0.6 is 15.9 Å². The van der Waals surface area contributed by atoms with Crippen LogP contribution in [0.2, 0.25) is 0 Å². The largest absolute Gasteiger partial charge is 0.305 e. The van der Waals surface area contributed by atoms with E-state index in [1.54, 1.807) is 6.07 Å². The highest BCUT2D eigenvalue weighted by molar-refractivity contribution is 9.10. The van der Waals surface area contributed by atoms with Gasteiger partial charge in [0.15, 0.2) is 5.82 Å². The molecule has 0 aliphatic heterocycles. The predicted molar refractivity (Wildman–Crippen MR) is 70.1 cm³/mol. The Balaban J connectivity index is 2.14. The van der Waals surface area contributed by atoms with Crippen LogP contribution in [0.3, 0.4) is 0 Å². The monoisotopic (exact) mass is 293 g/mol. The van der Waals surface area contributed by atoms with Crippen molar-refractivity contribution in [2.75, 3.05) is 5.32 Å². The maximum Gasteiger partial charge on any atom is 0.258 e. The number of anilines is 1. The summed E-state index contributed by atoms with van der Waals surface area (Å²) < 4.78 is 0.767. The van der Waals surface area contributed by atoms with Gasteiger partial charge in [-0.05, 0) is 34.5 Å². The van der Waals surface area contributed by atoms with Crippen LogP contribution in [-0.4, -0.2) is 16.1 Å². The molecule has 1 heterocycles. The molecule has 0 aliphatic carbocycles. The van der Waals surface area contributed by atoms with Gasteiger partial charge < -0.3 is 5.32 Å². The maximum absolute atomic E-state index is 11.9. The first-order chi connectivity index (χ1) is 8.20. The number of aryl methyl sites for hydroxylation is 1. The molecular formula is C12H12BrN3O. The van der Waals surface area contributed by atoms with E-state index < -0.39 is 0 Å². The number of aromatic amines is 1. The summed E-state index contributed by atoms with van der Waals surface area (Å²) >= 11 is 3.34. The summed E-state index contributed by atoms with van der Waals surface area (Å²) in [7, 11) is 0. The third kappa shape index (κ3) is 2.74. The summed E-state index contributed by atoms with van der Waals surface area (Å²) in [5.41, 5.74) is 1.58. The molecule has 0 aliphatic rings. The lowest BCUT2D eigenvalue weighted by Gasteiger charge is -2.03. The molecule has 1 aromatic carbocycles. The van der Waals surface area contributed by atoms with Crippen LogP contribution in [-0.2, 0) is 6.42 Å². The van der Waals surface area contributed by atoms with Gasteiger partial charge in [0.25, 0.3) is 5.91 Å². The third-order valence-corrected chi connectivity index (χ3v) is 3.06. The maximum atomic E-state index is 11.9. The standard InChI is InChI=1S/C12H12BrN3O/c1-2-8-7-11(16-15-8)14-12(17)9-5-3-4-6-10(9)13/h3-7H,2H2,1H3,(H2,14,15,16,17). The third-order valence-electron chi connectivity index (χ3n) is 2.37. The number of benzene rings is 1. The number of nitrogens with zero attached hydrogens (tertiary/aromatic N) is 1. The fourth-order valence-electron chi connectivity index (χ4n) is 1.44. The summed E-state index contributed by atoms with van der Waals surface area (Å²) in [4.78, 5) is 11.9. The Morgan fingerprint density at radius 1 is 1.47 bits per heavy atom. The molecule has 0 bridgehead atoms. The molecule has 2 rings (SSSR count). The summed E-state index contributed by atoms with van der Waals surface area (Å²) in [5.74, 6) is 0.370. The molecule has 0 spiro atoms. The zero-order valence-corrected chi connectivity index (χ0v) is 10.9. The molecule has 17 heavy (non-hydrogen) atoms. The molecule has 2 N–H and O–H groups in total. The first-order valence-electron chi connectivity index (χ1n) is 5.31. The smallest absolute Gasteiger partial charge is 0.258 e. The number of hydrogen-bond donors (Lipinski definition) is 2. The molecule has 0 unspecified atom stereocenters. The van der Waals surface area contributed by atoms with Crippen molar-refractivity contribution in [2.45, 2.75) is 13.3 Å². The van der Waals surface area contributed by atoms with Crippen molar-refractivity contribution in [1.82, 2.24) is 10.2 Å². The van der Waals surface area contributed by atoms with Crippen LogP contribution in [0.1, 0.15) is 23.0 Å². The molecular weight excluding hydrogens is 282 g/mol. The fraction of sp³-hybridized carbons (Fsp3) is 0.167. The zero-order chi connectivity index (χ0) is 12.3. The van der Waals surface area contributed by atoms with E-state index in [0.29, 0.717) is 11.4 Å². The Labute approximate surface area is 108 Å². The summed E-state index contributed by atoms with van der Waals surface area (Å²) in [6.45, 7) is 2.02. The molecule has 4 nitrogen and oxygen atoms in total. The van der Waals surface area contributed by atoms with Crippen LogP contribution in [0.25, 0.3) is 0 Å². The van der Waals surface area contributed by atoms with Crippen molar-refractivity contribution in [2.24, 2.45) is 0 Å². The number of carbonyl (C=O) groups is 1. The van der Waals surface area contributed by atoms with Crippen LogP contribution in [0.4, 0.5) is 5.82 Å². The Morgan fingerprint density at radius 3 is 2.88 bits per heavy atom. The van der Waals surface area contributed by atoms with Gasteiger partial charge in [0.2, 0.25) is 0 Å². The highest BCUT2D eigenvalue weighted by Crippen LogP contribution is 2.17. The van der Waals surface area contributed by atoms with E-state index in [1.807, 2.05) is 31.2 Å². The van der Waals surface area contributed by atoms with Crippen molar-refractivity contribution in [1.29, 1.82) is 0 Å². The van der Waals surface area contributed by atoms with Crippen molar-refractivity contribution >= 4 is 27.7 Å². The molecule has 1 amide bonds. The topological polar surface area (TPSA) is 57.8 Å². The van der Waals surface area contributed by atoms with E-state index in [9.17, 15) is 4.79 Å². The minimum absolute atomic E-state index is 0.174. The second-order valence-electron chi connectivity index (χ2n) is 3.57. The lowest BCUT2D eigenvalue weighted by Crippen LogP contribution is -2.12. The minimum Gasteiger partial charge on any atom is -0.305 e. The SMILES string of the molecule is CCc1cc(NC(=O)c2ccccc2Br)n[nH]1. The van der Waals surface area contributed by atoms with Crippen molar-refractivity contribution in [3.63, 3.8) is 0 Å². The highest BCUT2D eigenvalue weighted by atomic mass is 79.9. The molecule has 0 saturated heterocycles. The van der Waals surface area contributed by atoms with E-state index in [0.717, 1.165) is 16.6 Å². The normalized spacial score (nSPS) is 10.2. The van der Waals surface area contributed by atoms with E-state index in [4.69, 9.17) is 0 Å². The Hall–Kier alpha value is -1.62. The molecule has 0 fully saturated rings. The number of aromatic nitrogens is 2. The van der Waals surface area contributed by atoms with E-state index in [2.05, 4.69) is 31.4 Å². The number of nitrogens with one attached hydrogen (secondary N) is 2. The predicted octanol–water partition coefficient (Wildman–Crippen LogP) is 2.99. The van der Waals surface area contributed by atoms with Gasteiger partial charge in [0.05, 0.1) is 5.56 Å². The van der Waals surface area contributed by atoms with Gasteiger partial charge in [-0.25, -0.2) is 0 Å². The Morgan fingerprint density at radius 2 is 2.24 bits per heavy atom. The molecule has 0 radical (unpaired) electrons. The van der Waals surface area contributed by atoms with Crippen LogP contribution in [0.15, 0.2) is 34.8 Å². The Bertz CT molecular complexity index is 536. The van der Waals surface area contributed by atoms with Gasteiger partial charge in [-0.3, -0.25) is 9.89 Å². The molecule has 0 saturated carbocycles. The molecule has 0 atom stereocenters. The van der Waals surface area contributed by atoms with Gasteiger partial charge in [-0.15, -0.1) is 0 Å². The van der Waals surface area contributed by atoms with Crippen molar-refractivity contribution in [3.05, 3.63) is 46.1 Å². The van der Waals surface area contributed by atoms with E-state index in [-0.39, 0.29) is 5.91 Å². The van der Waals surface area contributed by atoms with E-state index >= 15 is 0 Å². The quantitative estimate of drug-likeness (QED) is 0.914. The van der Waals surface area contributed by atoms with Gasteiger partial charge in [-0.2, -0.15) is 5.10 Å². The van der Waals surface area contributed by atoms with Gasteiger partial charge in [-0.1, -0.05) is 19.1 Å². The second-order valence-corrected chi connectivity index (χ2v) is 4.42. The number of amides is 1. The highest BCUT2D eigenvalue weighted by Gasteiger charge is 2.10. The average Bonchev–Trinajstić information content (AvgIpc) is 2.77. The lowest BCUT2D eigenvalue weighted by molar-refractivity contribution is 0.102. The van der Waals surface area contributed by atoms with Gasteiger partial charge >= 0.3 is 0 Å². The Kier molecular flexibility index (Phi) is 3.58. The van der Waals surface area contributed by atoms with Crippen molar-refractivity contribution < 1.29 is 4.79 Å². The number of H-pyrrole nitrogens is 1. The zero-order valence-electron chi connectivity index (χ0n) is 9.33. The number of halogens is 1. The number of rotatable bonds is 3. The molecule has 88 valence electrons. The second kappa shape index (κ2) is 5.14.